The average molecular weight is 924 g/mol. The third-order valence-corrected chi connectivity index (χ3v) is 14.8. The van der Waals surface area contributed by atoms with Gasteiger partial charge >= 0.3 is 0 Å². The fourth-order valence-corrected chi connectivity index (χ4v) is 10.9. The van der Waals surface area contributed by atoms with Gasteiger partial charge in [0.15, 0.2) is 0 Å². The molecule has 0 spiro atoms. The molecule has 11 aromatic rings. The van der Waals surface area contributed by atoms with Crippen LogP contribution in [0.2, 0.25) is 0 Å². The summed E-state index contributed by atoms with van der Waals surface area (Å²) in [6, 6.07) is 85.8. The number of benzene rings is 8. The third kappa shape index (κ3) is 8.87. The van der Waals surface area contributed by atoms with Gasteiger partial charge in [-0.3, -0.25) is 15.0 Å². The lowest BCUT2D eigenvalue weighted by molar-refractivity contribution is 0.491. The maximum absolute atomic E-state index is 4.98. The van der Waals surface area contributed by atoms with E-state index in [0.29, 0.717) is 0 Å². The SMILES string of the molecule is CC1(c2ccnc(-c3ccc(-c4ccccc4-c4cc(-c5ccccc5-c5ccc(-c6ccccn6)cc5)cc(-c5ccccc5-c5ccc(-c6ccccn6)cc5)c4)c(-c4ccccc4)c3)c2)CCCC1. The molecule has 3 heteroatoms. The summed E-state index contributed by atoms with van der Waals surface area (Å²) in [5, 5.41) is 0. The van der Waals surface area contributed by atoms with E-state index in [2.05, 4.69) is 229 Å². The van der Waals surface area contributed by atoms with Gasteiger partial charge in [-0.05, 0) is 162 Å². The van der Waals surface area contributed by atoms with E-state index in [1.54, 1.807) is 0 Å². The molecular formula is C69H53N3. The lowest BCUT2D eigenvalue weighted by Gasteiger charge is -2.24. The van der Waals surface area contributed by atoms with E-state index in [4.69, 9.17) is 4.98 Å². The highest BCUT2D eigenvalue weighted by molar-refractivity contribution is 5.97. The topological polar surface area (TPSA) is 38.7 Å². The summed E-state index contributed by atoms with van der Waals surface area (Å²) in [5.41, 5.74) is 24.1. The molecule has 0 aliphatic heterocycles. The highest BCUT2D eigenvalue weighted by atomic mass is 14.7. The summed E-state index contributed by atoms with van der Waals surface area (Å²) >= 11 is 0. The van der Waals surface area contributed by atoms with E-state index in [0.717, 1.165) is 78.3 Å². The largest absolute Gasteiger partial charge is 0.256 e. The number of rotatable bonds is 11. The highest BCUT2D eigenvalue weighted by Crippen LogP contribution is 2.46. The predicted octanol–water partition coefficient (Wildman–Crippen LogP) is 18.4. The van der Waals surface area contributed by atoms with Gasteiger partial charge in [0.05, 0.1) is 17.1 Å². The van der Waals surface area contributed by atoms with E-state index in [-0.39, 0.29) is 5.41 Å². The van der Waals surface area contributed by atoms with Gasteiger partial charge in [-0.1, -0.05) is 196 Å². The van der Waals surface area contributed by atoms with Gasteiger partial charge in [0.2, 0.25) is 0 Å². The zero-order valence-corrected chi connectivity index (χ0v) is 40.4. The third-order valence-electron chi connectivity index (χ3n) is 14.8. The number of nitrogens with zero attached hydrogens (tertiary/aromatic N) is 3. The molecule has 0 bridgehead atoms. The summed E-state index contributed by atoms with van der Waals surface area (Å²) < 4.78 is 0. The van der Waals surface area contributed by atoms with Gasteiger partial charge in [-0.2, -0.15) is 0 Å². The van der Waals surface area contributed by atoms with Crippen LogP contribution in [0.15, 0.2) is 255 Å². The number of pyridine rings is 3. The van der Waals surface area contributed by atoms with Crippen LogP contribution in [0.5, 0.6) is 0 Å². The van der Waals surface area contributed by atoms with Crippen molar-refractivity contribution in [1.82, 2.24) is 15.0 Å². The molecule has 1 fully saturated rings. The molecule has 3 aromatic heterocycles. The van der Waals surface area contributed by atoms with Crippen molar-refractivity contribution in [3.05, 3.63) is 261 Å². The number of hydrogen-bond acceptors (Lipinski definition) is 3. The smallest absolute Gasteiger partial charge is 0.0705 e. The molecule has 0 radical (unpaired) electrons. The normalized spacial score (nSPS) is 13.0. The highest BCUT2D eigenvalue weighted by Gasteiger charge is 2.31. The maximum Gasteiger partial charge on any atom is 0.0705 e. The van der Waals surface area contributed by atoms with E-state index in [9.17, 15) is 0 Å². The summed E-state index contributed by atoms with van der Waals surface area (Å²) in [5.74, 6) is 0. The summed E-state index contributed by atoms with van der Waals surface area (Å²) in [6.45, 7) is 2.43. The molecule has 0 atom stereocenters. The van der Waals surface area contributed by atoms with Crippen LogP contribution in [0.1, 0.15) is 38.2 Å². The molecule has 1 saturated carbocycles. The Morgan fingerprint density at radius 3 is 1.15 bits per heavy atom. The molecule has 0 saturated heterocycles. The van der Waals surface area contributed by atoms with Crippen LogP contribution in [0.4, 0.5) is 0 Å². The van der Waals surface area contributed by atoms with Crippen LogP contribution in [-0.4, -0.2) is 15.0 Å². The van der Waals surface area contributed by atoms with Crippen molar-refractivity contribution in [2.24, 2.45) is 0 Å². The van der Waals surface area contributed by atoms with E-state index < -0.39 is 0 Å². The number of aromatic nitrogens is 3. The van der Waals surface area contributed by atoms with Crippen LogP contribution in [0.25, 0.3) is 112 Å². The molecule has 12 rings (SSSR count). The van der Waals surface area contributed by atoms with E-state index in [1.165, 1.54) is 64.6 Å². The van der Waals surface area contributed by atoms with Crippen LogP contribution in [-0.2, 0) is 5.41 Å². The van der Waals surface area contributed by atoms with Crippen molar-refractivity contribution in [3.8, 4) is 112 Å². The minimum Gasteiger partial charge on any atom is -0.256 e. The van der Waals surface area contributed by atoms with Gasteiger partial charge in [0.25, 0.3) is 0 Å². The molecule has 72 heavy (non-hydrogen) atoms. The van der Waals surface area contributed by atoms with Gasteiger partial charge < -0.3 is 0 Å². The summed E-state index contributed by atoms with van der Waals surface area (Å²) in [7, 11) is 0. The first kappa shape index (κ1) is 44.4. The van der Waals surface area contributed by atoms with Gasteiger partial charge in [-0.15, -0.1) is 0 Å². The quantitative estimate of drug-likeness (QED) is 0.130. The fraction of sp³-hybridized carbons (Fsp3) is 0.0870. The molecule has 3 nitrogen and oxygen atoms in total. The van der Waals surface area contributed by atoms with Gasteiger partial charge in [-0.25, -0.2) is 0 Å². The molecule has 3 heterocycles. The zero-order chi connectivity index (χ0) is 48.3. The lowest BCUT2D eigenvalue weighted by atomic mass is 9.81. The van der Waals surface area contributed by atoms with Crippen LogP contribution < -0.4 is 0 Å². The second-order valence-corrected chi connectivity index (χ2v) is 19.3. The Morgan fingerprint density at radius 2 is 0.653 bits per heavy atom. The summed E-state index contributed by atoms with van der Waals surface area (Å²) in [6.07, 6.45) is 10.7. The van der Waals surface area contributed by atoms with Crippen molar-refractivity contribution < 1.29 is 0 Å². The molecule has 8 aromatic carbocycles. The molecule has 1 aliphatic rings. The maximum atomic E-state index is 4.98. The zero-order valence-electron chi connectivity index (χ0n) is 40.4. The molecule has 344 valence electrons. The molecule has 0 amide bonds. The lowest BCUT2D eigenvalue weighted by Crippen LogP contribution is -2.16. The standard InChI is InChI=1S/C69H53N3/c1-69(38-13-14-39-69)57-37-42-72-68(47-57)53-35-36-64(65(46-53)48-17-3-2-4-18-48)63-24-10-9-23-62(63)56-44-54(60-21-7-5-19-58(60)49-27-31-51(32-28-49)66-25-11-15-40-70-66)43-55(45-56)61-22-8-6-20-59(61)50-29-33-52(34-30-50)67-26-12-16-41-71-67/h2-12,15-37,40-47H,13-14,38-39H2,1H3. The monoisotopic (exact) mass is 923 g/mol. The van der Waals surface area contributed by atoms with Crippen molar-refractivity contribution in [1.29, 1.82) is 0 Å². The minimum absolute atomic E-state index is 0.197. The van der Waals surface area contributed by atoms with E-state index >= 15 is 0 Å². The van der Waals surface area contributed by atoms with E-state index in [1.807, 2.05) is 42.9 Å². The summed E-state index contributed by atoms with van der Waals surface area (Å²) in [4.78, 5) is 14.2. The Bertz CT molecular complexity index is 3520. The van der Waals surface area contributed by atoms with Crippen molar-refractivity contribution >= 4 is 0 Å². The Labute approximate surface area is 423 Å². The van der Waals surface area contributed by atoms with Gasteiger partial charge in [0.1, 0.15) is 0 Å². The predicted molar refractivity (Wildman–Crippen MR) is 300 cm³/mol. The van der Waals surface area contributed by atoms with Crippen molar-refractivity contribution in [2.75, 3.05) is 0 Å². The Hall–Kier alpha value is -8.79. The Morgan fingerprint density at radius 1 is 0.264 bits per heavy atom. The second-order valence-electron chi connectivity index (χ2n) is 19.3. The van der Waals surface area contributed by atoms with Crippen LogP contribution >= 0.6 is 0 Å². The van der Waals surface area contributed by atoms with Crippen LogP contribution in [0.3, 0.4) is 0 Å². The fourth-order valence-electron chi connectivity index (χ4n) is 10.9. The first-order valence-corrected chi connectivity index (χ1v) is 25.2. The first-order chi connectivity index (χ1) is 35.5. The second kappa shape index (κ2) is 19.5. The van der Waals surface area contributed by atoms with Crippen molar-refractivity contribution in [3.63, 3.8) is 0 Å². The Kier molecular flexibility index (Phi) is 12.1. The minimum atomic E-state index is 0.197. The molecule has 1 aliphatic carbocycles. The number of hydrogen-bond donors (Lipinski definition) is 0. The Balaban J connectivity index is 1.02. The first-order valence-electron chi connectivity index (χ1n) is 25.2. The van der Waals surface area contributed by atoms with Crippen molar-refractivity contribution in [2.45, 2.75) is 38.0 Å². The molecular weight excluding hydrogens is 871 g/mol. The molecule has 0 unspecified atom stereocenters. The van der Waals surface area contributed by atoms with Gasteiger partial charge in [0, 0.05) is 35.3 Å². The average Bonchev–Trinajstić information content (AvgIpc) is 3.93. The van der Waals surface area contributed by atoms with Crippen LogP contribution in [0, 0.1) is 0 Å². The molecule has 0 N–H and O–H groups in total.